The molecule has 2 nitrogen and oxygen atoms in total. The molecule has 0 atom stereocenters. The van der Waals surface area contributed by atoms with Gasteiger partial charge in [-0.25, -0.2) is 9.18 Å². The molecule has 90 valence electrons. The Labute approximate surface area is 100 Å². The Morgan fingerprint density at radius 1 is 1.31 bits per heavy atom. The van der Waals surface area contributed by atoms with E-state index < -0.39 is 11.8 Å². The van der Waals surface area contributed by atoms with Gasteiger partial charge >= 0.3 is 5.97 Å². The van der Waals surface area contributed by atoms with Gasteiger partial charge in [0.1, 0.15) is 5.82 Å². The van der Waals surface area contributed by atoms with E-state index in [0.29, 0.717) is 16.1 Å². The van der Waals surface area contributed by atoms with Gasteiger partial charge in [-0.1, -0.05) is 25.4 Å². The number of methoxy groups -OCH3 is 1. The molecular weight excluding hydrogens is 231 g/mol. The maximum atomic E-state index is 13.5. The molecule has 0 spiro atoms. The Kier molecular flexibility index (Phi) is 6.04. The van der Waals surface area contributed by atoms with Crippen LogP contribution in [0.25, 0.3) is 0 Å². The third-order valence-electron chi connectivity index (χ3n) is 2.16. The number of benzene rings is 1. The number of hydrogen-bond acceptors (Lipinski definition) is 2. The van der Waals surface area contributed by atoms with Gasteiger partial charge in [0, 0.05) is 5.02 Å². The van der Waals surface area contributed by atoms with Crippen LogP contribution in [0.5, 0.6) is 0 Å². The maximum Gasteiger partial charge on any atom is 0.340 e. The molecule has 0 heterocycles. The van der Waals surface area contributed by atoms with Crippen LogP contribution in [0, 0.1) is 19.7 Å². The molecule has 0 aliphatic heterocycles. The fourth-order valence-electron chi connectivity index (χ4n) is 1.10. The van der Waals surface area contributed by atoms with E-state index in [-0.39, 0.29) is 5.56 Å². The second kappa shape index (κ2) is 6.48. The first-order valence-electron chi connectivity index (χ1n) is 5.02. The van der Waals surface area contributed by atoms with Gasteiger partial charge in [-0.15, -0.1) is 0 Å². The van der Waals surface area contributed by atoms with E-state index in [2.05, 4.69) is 4.74 Å². The number of halogens is 2. The highest BCUT2D eigenvalue weighted by Gasteiger charge is 2.17. The molecule has 1 aromatic rings. The van der Waals surface area contributed by atoms with E-state index in [9.17, 15) is 9.18 Å². The number of hydrogen-bond donors (Lipinski definition) is 0. The molecule has 0 radical (unpaired) electrons. The van der Waals surface area contributed by atoms with Crippen LogP contribution < -0.4 is 0 Å². The van der Waals surface area contributed by atoms with E-state index in [1.165, 1.54) is 13.2 Å². The van der Waals surface area contributed by atoms with Crippen molar-refractivity contribution in [1.82, 2.24) is 0 Å². The summed E-state index contributed by atoms with van der Waals surface area (Å²) in [5.74, 6) is -1.29. The second-order valence-corrected chi connectivity index (χ2v) is 3.37. The molecule has 0 amide bonds. The largest absolute Gasteiger partial charge is 0.465 e. The molecule has 0 unspecified atom stereocenters. The average molecular weight is 247 g/mol. The lowest BCUT2D eigenvalue weighted by atomic mass is 10.1. The van der Waals surface area contributed by atoms with Crippen molar-refractivity contribution in [2.75, 3.05) is 7.11 Å². The lowest BCUT2D eigenvalue weighted by molar-refractivity contribution is 0.0595. The Balaban J connectivity index is 0.00000106. The van der Waals surface area contributed by atoms with Crippen LogP contribution in [-0.4, -0.2) is 13.1 Å². The molecule has 0 aliphatic rings. The van der Waals surface area contributed by atoms with Crippen molar-refractivity contribution in [2.45, 2.75) is 27.7 Å². The number of rotatable bonds is 1. The Hall–Kier alpha value is -1.09. The van der Waals surface area contributed by atoms with Crippen molar-refractivity contribution in [2.24, 2.45) is 0 Å². The van der Waals surface area contributed by atoms with Crippen LogP contribution in [0.4, 0.5) is 4.39 Å². The molecule has 4 heteroatoms. The minimum absolute atomic E-state index is 0.124. The average Bonchev–Trinajstić information content (AvgIpc) is 2.32. The van der Waals surface area contributed by atoms with Crippen LogP contribution in [0.1, 0.15) is 35.3 Å². The van der Waals surface area contributed by atoms with Crippen molar-refractivity contribution in [3.05, 3.63) is 33.6 Å². The number of esters is 1. The monoisotopic (exact) mass is 246 g/mol. The third kappa shape index (κ3) is 2.95. The predicted octanol–water partition coefficient (Wildman–Crippen LogP) is 3.91. The van der Waals surface area contributed by atoms with E-state index in [1.54, 1.807) is 13.8 Å². The second-order valence-electron chi connectivity index (χ2n) is 2.96. The van der Waals surface area contributed by atoms with E-state index in [0.717, 1.165) is 0 Å². The highest BCUT2D eigenvalue weighted by molar-refractivity contribution is 6.31. The summed E-state index contributed by atoms with van der Waals surface area (Å²) >= 11 is 5.82. The third-order valence-corrected chi connectivity index (χ3v) is 2.56. The summed E-state index contributed by atoms with van der Waals surface area (Å²) < 4.78 is 17.9. The van der Waals surface area contributed by atoms with Gasteiger partial charge in [-0.05, 0) is 31.0 Å². The quantitative estimate of drug-likeness (QED) is 0.703. The molecular formula is C12H16ClFO2. The smallest absolute Gasteiger partial charge is 0.340 e. The van der Waals surface area contributed by atoms with E-state index >= 15 is 0 Å². The standard InChI is InChI=1S/C10H10ClFO2.C2H6/c1-5-6(2)9(12)7(4-8(5)11)10(13)14-3;1-2/h4H,1-3H3;1-2H3. The summed E-state index contributed by atoms with van der Waals surface area (Å²) in [4.78, 5) is 11.1. The van der Waals surface area contributed by atoms with Gasteiger partial charge in [-0.2, -0.15) is 0 Å². The number of carbonyl (C=O) groups excluding carboxylic acids is 1. The van der Waals surface area contributed by atoms with E-state index in [4.69, 9.17) is 11.6 Å². The van der Waals surface area contributed by atoms with E-state index in [1.807, 2.05) is 13.8 Å². The summed E-state index contributed by atoms with van der Waals surface area (Å²) in [7, 11) is 1.20. The molecule has 16 heavy (non-hydrogen) atoms. The zero-order valence-electron chi connectivity index (χ0n) is 10.1. The van der Waals surface area contributed by atoms with Crippen LogP contribution in [0.3, 0.4) is 0 Å². The minimum atomic E-state index is -0.715. The molecule has 0 bridgehead atoms. The van der Waals surface area contributed by atoms with Crippen molar-refractivity contribution < 1.29 is 13.9 Å². The molecule has 0 aliphatic carbocycles. The highest BCUT2D eigenvalue weighted by Crippen LogP contribution is 2.25. The van der Waals surface area contributed by atoms with Crippen LogP contribution in [0.2, 0.25) is 5.02 Å². The van der Waals surface area contributed by atoms with Crippen LogP contribution in [-0.2, 0) is 4.74 Å². The van der Waals surface area contributed by atoms with Crippen LogP contribution >= 0.6 is 11.6 Å². The van der Waals surface area contributed by atoms with Crippen molar-refractivity contribution in [1.29, 1.82) is 0 Å². The lowest BCUT2D eigenvalue weighted by Gasteiger charge is -2.08. The fourth-order valence-corrected chi connectivity index (χ4v) is 1.35. The van der Waals surface area contributed by atoms with Crippen molar-refractivity contribution in [3.8, 4) is 0 Å². The van der Waals surface area contributed by atoms with Crippen molar-refractivity contribution >= 4 is 17.6 Å². The molecule has 1 aromatic carbocycles. The highest BCUT2D eigenvalue weighted by atomic mass is 35.5. The molecule has 0 saturated heterocycles. The Morgan fingerprint density at radius 3 is 2.25 bits per heavy atom. The molecule has 0 N–H and O–H groups in total. The normalized spacial score (nSPS) is 9.19. The SMILES string of the molecule is CC.COC(=O)c1cc(Cl)c(C)c(C)c1F. The molecule has 0 aromatic heterocycles. The predicted molar refractivity (Wildman–Crippen MR) is 63.6 cm³/mol. The van der Waals surface area contributed by atoms with Gasteiger partial charge in [0.2, 0.25) is 0 Å². The maximum absolute atomic E-state index is 13.5. The summed E-state index contributed by atoms with van der Waals surface area (Å²) in [5.41, 5.74) is 0.885. The number of carbonyl (C=O) groups is 1. The van der Waals surface area contributed by atoms with Crippen LogP contribution in [0.15, 0.2) is 6.07 Å². The Morgan fingerprint density at radius 2 is 1.81 bits per heavy atom. The summed E-state index contributed by atoms with van der Waals surface area (Å²) in [6, 6.07) is 1.28. The lowest BCUT2D eigenvalue weighted by Crippen LogP contribution is -2.07. The van der Waals surface area contributed by atoms with Gasteiger partial charge < -0.3 is 4.74 Å². The van der Waals surface area contributed by atoms with Gasteiger partial charge in [0.25, 0.3) is 0 Å². The summed E-state index contributed by atoms with van der Waals surface area (Å²) in [5, 5.41) is 0.365. The van der Waals surface area contributed by atoms with Crippen molar-refractivity contribution in [3.63, 3.8) is 0 Å². The first-order chi connectivity index (χ1) is 7.49. The zero-order chi connectivity index (χ0) is 12.9. The number of ether oxygens (including phenoxy) is 1. The molecule has 0 saturated carbocycles. The molecule has 1 rings (SSSR count). The van der Waals surface area contributed by atoms with Gasteiger partial charge in [-0.3, -0.25) is 0 Å². The summed E-state index contributed by atoms with van der Waals surface area (Å²) in [6.45, 7) is 7.27. The Bertz CT molecular complexity index is 389. The molecule has 0 fully saturated rings. The minimum Gasteiger partial charge on any atom is -0.465 e. The zero-order valence-corrected chi connectivity index (χ0v) is 10.9. The topological polar surface area (TPSA) is 26.3 Å². The summed E-state index contributed by atoms with van der Waals surface area (Å²) in [6.07, 6.45) is 0. The van der Waals surface area contributed by atoms with Gasteiger partial charge in [0.05, 0.1) is 12.7 Å². The van der Waals surface area contributed by atoms with Gasteiger partial charge in [0.15, 0.2) is 0 Å². The first kappa shape index (κ1) is 14.9. The first-order valence-corrected chi connectivity index (χ1v) is 5.40. The fraction of sp³-hybridized carbons (Fsp3) is 0.417.